The van der Waals surface area contributed by atoms with Crippen molar-refractivity contribution in [2.24, 2.45) is 18.7 Å². The minimum atomic E-state index is 0.406. The zero-order chi connectivity index (χ0) is 9.97. The van der Waals surface area contributed by atoms with Gasteiger partial charge in [-0.25, -0.2) is 0 Å². The van der Waals surface area contributed by atoms with E-state index in [1.54, 1.807) is 0 Å². The number of aryl methyl sites for hydroxylation is 1. The molecule has 1 fully saturated rings. The van der Waals surface area contributed by atoms with Gasteiger partial charge in [0.2, 0.25) is 0 Å². The second-order valence-electron chi connectivity index (χ2n) is 4.43. The van der Waals surface area contributed by atoms with Crippen LogP contribution in [0.1, 0.15) is 31.2 Å². The molecule has 1 aliphatic carbocycles. The average molecular weight is 193 g/mol. The van der Waals surface area contributed by atoms with Crippen molar-refractivity contribution < 1.29 is 0 Å². The first-order valence-electron chi connectivity index (χ1n) is 5.49. The van der Waals surface area contributed by atoms with Crippen LogP contribution in [0.3, 0.4) is 0 Å². The number of nitrogens with two attached hydrogens (primary N) is 1. The van der Waals surface area contributed by atoms with Gasteiger partial charge in [0.25, 0.3) is 0 Å². The van der Waals surface area contributed by atoms with Crippen molar-refractivity contribution in [3.63, 3.8) is 0 Å². The standard InChI is InChI=1S/C11H19N3/c1-14-8-9(7-13-14)6-10-4-2-3-5-11(10)12/h7-8,10-11H,2-6,12H2,1H3. The Labute approximate surface area is 85.3 Å². The lowest BCUT2D eigenvalue weighted by atomic mass is 9.82. The van der Waals surface area contributed by atoms with Crippen molar-refractivity contribution >= 4 is 0 Å². The predicted octanol–water partition coefficient (Wildman–Crippen LogP) is 1.48. The van der Waals surface area contributed by atoms with E-state index in [9.17, 15) is 0 Å². The topological polar surface area (TPSA) is 43.8 Å². The Morgan fingerprint density at radius 3 is 2.93 bits per heavy atom. The quantitative estimate of drug-likeness (QED) is 0.773. The van der Waals surface area contributed by atoms with E-state index < -0.39 is 0 Å². The third-order valence-corrected chi connectivity index (χ3v) is 3.22. The van der Waals surface area contributed by atoms with Crippen LogP contribution in [-0.4, -0.2) is 15.8 Å². The molecular weight excluding hydrogens is 174 g/mol. The van der Waals surface area contributed by atoms with Crippen LogP contribution in [0.4, 0.5) is 0 Å². The van der Waals surface area contributed by atoms with Crippen molar-refractivity contribution in [3.8, 4) is 0 Å². The van der Waals surface area contributed by atoms with Crippen LogP contribution in [0.5, 0.6) is 0 Å². The van der Waals surface area contributed by atoms with Gasteiger partial charge in [0, 0.05) is 19.3 Å². The number of hydrogen-bond donors (Lipinski definition) is 1. The fourth-order valence-electron chi connectivity index (χ4n) is 2.37. The summed E-state index contributed by atoms with van der Waals surface area (Å²) in [6.07, 6.45) is 10.3. The highest BCUT2D eigenvalue weighted by Crippen LogP contribution is 2.25. The molecular formula is C11H19N3. The maximum Gasteiger partial charge on any atom is 0.0521 e. The van der Waals surface area contributed by atoms with E-state index in [0.717, 1.165) is 6.42 Å². The Hall–Kier alpha value is -0.830. The molecule has 2 unspecified atom stereocenters. The normalized spacial score (nSPS) is 27.9. The van der Waals surface area contributed by atoms with E-state index in [1.165, 1.54) is 31.2 Å². The van der Waals surface area contributed by atoms with Gasteiger partial charge in [-0.2, -0.15) is 5.10 Å². The highest BCUT2D eigenvalue weighted by Gasteiger charge is 2.22. The summed E-state index contributed by atoms with van der Waals surface area (Å²) in [6, 6.07) is 0.406. The first-order valence-corrected chi connectivity index (χ1v) is 5.49. The summed E-state index contributed by atoms with van der Waals surface area (Å²) >= 11 is 0. The third-order valence-electron chi connectivity index (χ3n) is 3.22. The molecule has 1 aliphatic rings. The highest BCUT2D eigenvalue weighted by molar-refractivity contribution is 5.06. The van der Waals surface area contributed by atoms with Crippen molar-refractivity contribution in [3.05, 3.63) is 18.0 Å². The van der Waals surface area contributed by atoms with Gasteiger partial charge < -0.3 is 5.73 Å². The van der Waals surface area contributed by atoms with E-state index >= 15 is 0 Å². The largest absolute Gasteiger partial charge is 0.327 e. The molecule has 2 atom stereocenters. The number of rotatable bonds is 2. The highest BCUT2D eigenvalue weighted by atomic mass is 15.2. The van der Waals surface area contributed by atoms with Crippen LogP contribution in [-0.2, 0) is 13.5 Å². The van der Waals surface area contributed by atoms with Crippen molar-refractivity contribution in [1.29, 1.82) is 0 Å². The molecule has 0 saturated heterocycles. The Balaban J connectivity index is 1.95. The number of hydrogen-bond acceptors (Lipinski definition) is 2. The Morgan fingerprint density at radius 1 is 1.50 bits per heavy atom. The summed E-state index contributed by atoms with van der Waals surface area (Å²) in [7, 11) is 1.96. The summed E-state index contributed by atoms with van der Waals surface area (Å²) in [5.41, 5.74) is 7.43. The zero-order valence-corrected chi connectivity index (χ0v) is 8.82. The molecule has 0 amide bonds. The van der Waals surface area contributed by atoms with E-state index in [4.69, 9.17) is 5.73 Å². The molecule has 1 saturated carbocycles. The van der Waals surface area contributed by atoms with Gasteiger partial charge in [-0.1, -0.05) is 12.8 Å². The molecule has 1 heterocycles. The Bertz CT molecular complexity index is 292. The average Bonchev–Trinajstić information content (AvgIpc) is 2.56. The van der Waals surface area contributed by atoms with Gasteiger partial charge in [-0.05, 0) is 30.7 Å². The molecule has 1 aromatic rings. The van der Waals surface area contributed by atoms with Gasteiger partial charge >= 0.3 is 0 Å². The van der Waals surface area contributed by atoms with Crippen molar-refractivity contribution in [1.82, 2.24) is 9.78 Å². The molecule has 2 N–H and O–H groups in total. The van der Waals surface area contributed by atoms with Gasteiger partial charge in [0.15, 0.2) is 0 Å². The Morgan fingerprint density at radius 2 is 2.29 bits per heavy atom. The second-order valence-corrected chi connectivity index (χ2v) is 4.43. The molecule has 3 nitrogen and oxygen atoms in total. The van der Waals surface area contributed by atoms with Crippen LogP contribution in [0, 0.1) is 5.92 Å². The molecule has 1 aromatic heterocycles. The maximum atomic E-state index is 6.11. The smallest absolute Gasteiger partial charge is 0.0521 e. The molecule has 2 rings (SSSR count). The molecule has 14 heavy (non-hydrogen) atoms. The lowest BCUT2D eigenvalue weighted by molar-refractivity contribution is 0.306. The van der Waals surface area contributed by atoms with Gasteiger partial charge in [0.05, 0.1) is 6.20 Å². The molecule has 0 aliphatic heterocycles. The van der Waals surface area contributed by atoms with Crippen LogP contribution >= 0.6 is 0 Å². The van der Waals surface area contributed by atoms with E-state index in [2.05, 4.69) is 11.3 Å². The summed E-state index contributed by atoms with van der Waals surface area (Å²) in [6.45, 7) is 0. The first-order chi connectivity index (χ1) is 6.75. The molecule has 0 spiro atoms. The molecule has 3 heteroatoms. The molecule has 0 bridgehead atoms. The lowest BCUT2D eigenvalue weighted by Crippen LogP contribution is -2.34. The summed E-state index contributed by atoms with van der Waals surface area (Å²) < 4.78 is 1.86. The SMILES string of the molecule is Cn1cc(CC2CCCCC2N)cn1. The van der Waals surface area contributed by atoms with Crippen molar-refractivity contribution in [2.75, 3.05) is 0 Å². The van der Waals surface area contributed by atoms with Crippen LogP contribution in [0.15, 0.2) is 12.4 Å². The van der Waals surface area contributed by atoms with Crippen LogP contribution < -0.4 is 5.73 Å². The first kappa shape index (κ1) is 9.71. The minimum Gasteiger partial charge on any atom is -0.327 e. The minimum absolute atomic E-state index is 0.406. The zero-order valence-electron chi connectivity index (χ0n) is 8.82. The molecule has 0 radical (unpaired) electrons. The summed E-state index contributed by atoms with van der Waals surface area (Å²) in [5, 5.41) is 4.18. The van der Waals surface area contributed by atoms with Crippen LogP contribution in [0.25, 0.3) is 0 Å². The Kier molecular flexibility index (Phi) is 2.87. The predicted molar refractivity (Wildman–Crippen MR) is 56.8 cm³/mol. The van der Waals surface area contributed by atoms with E-state index in [0.29, 0.717) is 12.0 Å². The van der Waals surface area contributed by atoms with Gasteiger partial charge in [0.1, 0.15) is 0 Å². The summed E-state index contributed by atoms with van der Waals surface area (Å²) in [5.74, 6) is 0.674. The number of aromatic nitrogens is 2. The fourth-order valence-corrected chi connectivity index (χ4v) is 2.37. The second kappa shape index (κ2) is 4.13. The monoisotopic (exact) mass is 193 g/mol. The van der Waals surface area contributed by atoms with Crippen LogP contribution in [0.2, 0.25) is 0 Å². The van der Waals surface area contributed by atoms with E-state index in [1.807, 2.05) is 17.9 Å². The van der Waals surface area contributed by atoms with Gasteiger partial charge in [-0.15, -0.1) is 0 Å². The lowest BCUT2D eigenvalue weighted by Gasteiger charge is -2.28. The van der Waals surface area contributed by atoms with E-state index in [-0.39, 0.29) is 0 Å². The third kappa shape index (κ3) is 2.15. The van der Waals surface area contributed by atoms with Gasteiger partial charge in [-0.3, -0.25) is 4.68 Å². The number of nitrogens with zero attached hydrogens (tertiary/aromatic N) is 2. The molecule has 0 aromatic carbocycles. The summed E-state index contributed by atoms with van der Waals surface area (Å²) in [4.78, 5) is 0. The molecule has 78 valence electrons. The fraction of sp³-hybridized carbons (Fsp3) is 0.727. The maximum absolute atomic E-state index is 6.11. The van der Waals surface area contributed by atoms with Crippen molar-refractivity contribution in [2.45, 2.75) is 38.1 Å².